The summed E-state index contributed by atoms with van der Waals surface area (Å²) in [5.41, 5.74) is 30.1. The maximum absolute atomic E-state index is 11.0. The average molecular weight is 497 g/mol. The first-order valence-corrected chi connectivity index (χ1v) is 9.89. The molecular formula is C18H36N6O10. The third-order valence-corrected chi connectivity index (χ3v) is 3.34. The lowest BCUT2D eigenvalue weighted by molar-refractivity contribution is -0.160. The number of carbonyl (C=O) groups is 6. The SMILES string of the molecule is CC(C)C[C@H](N)C(=O)OC(=O)CN.NC(=O)CC[C@H](N)C(=O)O.NCC(=O)OC[C@H](N)C(=O)O. The lowest BCUT2D eigenvalue weighted by Crippen LogP contribution is -2.36. The molecule has 16 heteroatoms. The number of hydrogen-bond donors (Lipinski definition) is 8. The molecule has 0 aromatic rings. The monoisotopic (exact) mass is 496 g/mol. The molecule has 0 bridgehead atoms. The Kier molecular flexibility index (Phi) is 21.3. The molecule has 0 rings (SSSR count). The lowest BCUT2D eigenvalue weighted by atomic mass is 10.1. The van der Waals surface area contributed by atoms with E-state index in [1.165, 1.54) is 0 Å². The summed E-state index contributed by atoms with van der Waals surface area (Å²) in [6, 6.07) is -2.89. The number of carboxylic acids is 2. The minimum atomic E-state index is -1.21. The van der Waals surface area contributed by atoms with Crippen molar-refractivity contribution in [3.8, 4) is 0 Å². The van der Waals surface area contributed by atoms with Gasteiger partial charge in [-0.3, -0.25) is 24.0 Å². The number of rotatable bonds is 12. The summed E-state index contributed by atoms with van der Waals surface area (Å²) in [6.45, 7) is 2.94. The van der Waals surface area contributed by atoms with Gasteiger partial charge in [0.05, 0.1) is 13.1 Å². The van der Waals surface area contributed by atoms with Crippen LogP contribution in [0.25, 0.3) is 0 Å². The minimum absolute atomic E-state index is 0.0213. The van der Waals surface area contributed by atoms with Gasteiger partial charge in [-0.1, -0.05) is 13.8 Å². The molecule has 0 aliphatic carbocycles. The first-order chi connectivity index (χ1) is 15.6. The van der Waals surface area contributed by atoms with Crippen LogP contribution in [0, 0.1) is 5.92 Å². The molecule has 0 aromatic heterocycles. The standard InChI is InChI=1S/C8H16N2O3.C5H10N2O4.C5H10N2O3/c1-5(2)3-6(10)8(12)13-7(11)4-9;6-1-4(8)11-2-3(7)5(9)10;6-3(5(9)10)1-2-4(7)8/h5-6H,3-4,9-10H2,1-2H3;3H,1-2,6-7H2,(H,9,10);3H,1-2,6H2,(H2,7,8)(H,9,10)/t6-;2*3-/m000/s1. The number of nitrogens with two attached hydrogens (primary N) is 6. The van der Waals surface area contributed by atoms with Crippen LogP contribution in [0.15, 0.2) is 0 Å². The molecular weight excluding hydrogens is 460 g/mol. The largest absolute Gasteiger partial charge is 0.480 e. The van der Waals surface area contributed by atoms with Crippen LogP contribution in [0.4, 0.5) is 0 Å². The number of amides is 1. The third-order valence-electron chi connectivity index (χ3n) is 3.34. The number of carboxylic acid groups (broad SMARTS) is 2. The Morgan fingerprint density at radius 1 is 0.794 bits per heavy atom. The van der Waals surface area contributed by atoms with Crippen LogP contribution in [0.2, 0.25) is 0 Å². The molecule has 0 unspecified atom stereocenters. The molecule has 34 heavy (non-hydrogen) atoms. The van der Waals surface area contributed by atoms with Gasteiger partial charge in [0.15, 0.2) is 0 Å². The molecule has 0 spiro atoms. The first kappa shape index (κ1) is 35.4. The highest BCUT2D eigenvalue weighted by Crippen LogP contribution is 2.03. The van der Waals surface area contributed by atoms with Crippen LogP contribution in [-0.2, 0) is 38.2 Å². The zero-order valence-electron chi connectivity index (χ0n) is 19.2. The van der Waals surface area contributed by atoms with E-state index in [0.29, 0.717) is 6.42 Å². The van der Waals surface area contributed by atoms with Crippen LogP contribution >= 0.6 is 0 Å². The van der Waals surface area contributed by atoms with Crippen LogP contribution in [0.3, 0.4) is 0 Å². The van der Waals surface area contributed by atoms with Gasteiger partial charge in [-0.15, -0.1) is 0 Å². The first-order valence-electron chi connectivity index (χ1n) is 9.89. The highest BCUT2D eigenvalue weighted by Gasteiger charge is 2.19. The molecule has 0 saturated heterocycles. The Bertz CT molecular complexity index is 674. The summed E-state index contributed by atoms with van der Waals surface area (Å²) in [4.78, 5) is 62.1. The van der Waals surface area contributed by atoms with Gasteiger partial charge in [0.25, 0.3) is 0 Å². The van der Waals surface area contributed by atoms with Crippen molar-refractivity contribution in [2.24, 2.45) is 40.3 Å². The maximum Gasteiger partial charge on any atom is 0.330 e. The highest BCUT2D eigenvalue weighted by atomic mass is 16.6. The van der Waals surface area contributed by atoms with E-state index in [9.17, 15) is 28.8 Å². The molecule has 16 nitrogen and oxygen atoms in total. The number of primary amides is 1. The lowest BCUT2D eigenvalue weighted by Gasteiger charge is -2.11. The number of aliphatic carboxylic acids is 2. The van der Waals surface area contributed by atoms with E-state index in [1.54, 1.807) is 0 Å². The molecule has 0 radical (unpaired) electrons. The van der Waals surface area contributed by atoms with E-state index >= 15 is 0 Å². The summed E-state index contributed by atoms with van der Waals surface area (Å²) in [5.74, 6) is -4.68. The zero-order valence-corrected chi connectivity index (χ0v) is 19.2. The Morgan fingerprint density at radius 3 is 1.62 bits per heavy atom. The summed E-state index contributed by atoms with van der Waals surface area (Å²) >= 11 is 0. The normalized spacial score (nSPS) is 12.5. The van der Waals surface area contributed by atoms with Gasteiger partial charge in [0, 0.05) is 6.42 Å². The summed E-state index contributed by atoms with van der Waals surface area (Å²) in [5, 5.41) is 16.4. The minimum Gasteiger partial charge on any atom is -0.480 e. The fraction of sp³-hybridized carbons (Fsp3) is 0.667. The van der Waals surface area contributed by atoms with E-state index in [4.69, 9.17) is 44.6 Å². The van der Waals surface area contributed by atoms with Crippen LogP contribution in [0.5, 0.6) is 0 Å². The second-order valence-corrected chi connectivity index (χ2v) is 7.01. The molecule has 3 atom stereocenters. The fourth-order valence-electron chi connectivity index (χ4n) is 1.57. The van der Waals surface area contributed by atoms with Crippen molar-refractivity contribution < 1.29 is 48.5 Å². The summed E-state index contributed by atoms with van der Waals surface area (Å²) in [7, 11) is 0. The topological polar surface area (TPSA) is 317 Å². The Hall–Kier alpha value is -3.18. The molecule has 0 heterocycles. The van der Waals surface area contributed by atoms with E-state index in [1.807, 2.05) is 13.8 Å². The molecule has 14 N–H and O–H groups in total. The third kappa shape index (κ3) is 23.5. The second kappa shape index (κ2) is 20.4. The van der Waals surface area contributed by atoms with Crippen molar-refractivity contribution in [2.75, 3.05) is 19.7 Å². The predicted octanol–water partition coefficient (Wildman–Crippen LogP) is -4.05. The average Bonchev–Trinajstić information content (AvgIpc) is 2.75. The van der Waals surface area contributed by atoms with Gasteiger partial charge in [-0.2, -0.15) is 0 Å². The van der Waals surface area contributed by atoms with Gasteiger partial charge >= 0.3 is 29.8 Å². The number of esters is 3. The zero-order chi connectivity index (χ0) is 27.4. The molecule has 0 fully saturated rings. The predicted molar refractivity (Wildman–Crippen MR) is 117 cm³/mol. The van der Waals surface area contributed by atoms with E-state index < -0.39 is 53.9 Å². The molecule has 0 saturated carbocycles. The molecule has 0 aliphatic heterocycles. The van der Waals surface area contributed by atoms with Gasteiger partial charge in [0.1, 0.15) is 24.7 Å². The van der Waals surface area contributed by atoms with Crippen LogP contribution < -0.4 is 34.4 Å². The number of carbonyl (C=O) groups excluding carboxylic acids is 4. The van der Waals surface area contributed by atoms with E-state index in [2.05, 4.69) is 9.47 Å². The van der Waals surface area contributed by atoms with Crippen molar-refractivity contribution in [1.82, 2.24) is 0 Å². The Balaban J connectivity index is -0.000000428. The highest BCUT2D eigenvalue weighted by molar-refractivity contribution is 5.89. The second-order valence-electron chi connectivity index (χ2n) is 7.01. The van der Waals surface area contributed by atoms with Gasteiger partial charge < -0.3 is 54.1 Å². The maximum atomic E-state index is 11.0. The quantitative estimate of drug-likeness (QED) is 0.0940. The molecule has 1 amide bonds. The van der Waals surface area contributed by atoms with Crippen molar-refractivity contribution in [3.05, 3.63) is 0 Å². The molecule has 198 valence electrons. The van der Waals surface area contributed by atoms with Crippen molar-refractivity contribution in [2.45, 2.75) is 51.2 Å². The Labute approximate surface area is 196 Å². The van der Waals surface area contributed by atoms with Gasteiger partial charge in [-0.05, 0) is 18.8 Å². The van der Waals surface area contributed by atoms with Gasteiger partial charge in [0.2, 0.25) is 5.91 Å². The van der Waals surface area contributed by atoms with E-state index in [0.717, 1.165) is 0 Å². The van der Waals surface area contributed by atoms with Crippen LogP contribution in [0.1, 0.15) is 33.1 Å². The fourth-order valence-corrected chi connectivity index (χ4v) is 1.57. The molecule has 0 aliphatic rings. The summed E-state index contributed by atoms with van der Waals surface area (Å²) < 4.78 is 8.68. The molecule has 0 aromatic carbocycles. The van der Waals surface area contributed by atoms with Crippen molar-refractivity contribution in [1.29, 1.82) is 0 Å². The number of hydrogen-bond acceptors (Lipinski definition) is 13. The smallest absolute Gasteiger partial charge is 0.330 e. The number of ether oxygens (including phenoxy) is 2. The Morgan fingerprint density at radius 2 is 1.26 bits per heavy atom. The van der Waals surface area contributed by atoms with E-state index in [-0.39, 0.29) is 38.5 Å². The van der Waals surface area contributed by atoms with Gasteiger partial charge in [-0.25, -0.2) is 4.79 Å². The van der Waals surface area contributed by atoms with Crippen LogP contribution in [-0.4, -0.2) is 83.8 Å². The van der Waals surface area contributed by atoms with Crippen molar-refractivity contribution in [3.63, 3.8) is 0 Å². The van der Waals surface area contributed by atoms with Crippen molar-refractivity contribution >= 4 is 35.8 Å². The summed E-state index contributed by atoms with van der Waals surface area (Å²) in [6.07, 6.45) is 0.620.